The number of ether oxygens (including phenoxy) is 2. The fourth-order valence-corrected chi connectivity index (χ4v) is 3.75. The number of benzene rings is 1. The summed E-state index contributed by atoms with van der Waals surface area (Å²) in [7, 11) is 0. The molecule has 4 rings (SSSR count). The van der Waals surface area contributed by atoms with Gasteiger partial charge in [-0.15, -0.1) is 0 Å². The number of morpholine rings is 2. The van der Waals surface area contributed by atoms with Crippen LogP contribution >= 0.6 is 0 Å². The Morgan fingerprint density at radius 3 is 2.63 bits per heavy atom. The normalized spacial score (nSPS) is 20.9. The third-order valence-corrected chi connectivity index (χ3v) is 5.23. The third kappa shape index (κ3) is 3.26. The molecule has 1 unspecified atom stereocenters. The van der Waals surface area contributed by atoms with Crippen molar-refractivity contribution in [2.24, 2.45) is 0 Å². The first-order valence-corrected chi connectivity index (χ1v) is 9.03. The summed E-state index contributed by atoms with van der Waals surface area (Å²) in [5.41, 5.74) is 1.95. The van der Waals surface area contributed by atoms with Crippen LogP contribution in [0, 0.1) is 6.92 Å². The Morgan fingerprint density at radius 1 is 1.15 bits per heavy atom. The second-order valence-corrected chi connectivity index (χ2v) is 6.77. The molecule has 2 fully saturated rings. The van der Waals surface area contributed by atoms with Gasteiger partial charge in [0.15, 0.2) is 11.3 Å². The van der Waals surface area contributed by atoms with Crippen molar-refractivity contribution in [3.05, 3.63) is 39.5 Å². The minimum absolute atomic E-state index is 0.109. The lowest BCUT2D eigenvalue weighted by atomic mass is 9.97. The van der Waals surface area contributed by atoms with E-state index in [2.05, 4.69) is 0 Å². The van der Waals surface area contributed by atoms with E-state index in [0.717, 1.165) is 11.1 Å². The standard InChI is InChI=1S/C19H22N2O6/c1-12-13(15-11-26-9-6-21(15)19(23)24)2-3-14-16(22)10-17(27-18(12)14)20-4-7-25-8-5-20/h2-3,10,15H,4-9,11H2,1H3,(H,23,24). The number of carbonyl (C=O) groups is 1. The summed E-state index contributed by atoms with van der Waals surface area (Å²) in [5, 5.41) is 10.0. The van der Waals surface area contributed by atoms with Gasteiger partial charge in [0.05, 0.1) is 37.9 Å². The van der Waals surface area contributed by atoms with Gasteiger partial charge in [-0.3, -0.25) is 9.69 Å². The maximum absolute atomic E-state index is 12.6. The molecule has 1 atom stereocenters. The third-order valence-electron chi connectivity index (χ3n) is 5.23. The molecule has 144 valence electrons. The molecule has 2 saturated heterocycles. The molecule has 2 aliphatic heterocycles. The lowest BCUT2D eigenvalue weighted by molar-refractivity contribution is -0.00106. The first-order valence-electron chi connectivity index (χ1n) is 9.03. The highest BCUT2D eigenvalue weighted by molar-refractivity contribution is 5.82. The summed E-state index contributed by atoms with van der Waals surface area (Å²) in [6.45, 7) is 5.35. The summed E-state index contributed by atoms with van der Waals surface area (Å²) in [4.78, 5) is 27.6. The topological polar surface area (TPSA) is 92.5 Å². The second kappa shape index (κ2) is 7.21. The van der Waals surface area contributed by atoms with Gasteiger partial charge in [-0.05, 0) is 24.1 Å². The largest absolute Gasteiger partial charge is 0.465 e. The molecule has 0 bridgehead atoms. The highest BCUT2D eigenvalue weighted by atomic mass is 16.5. The van der Waals surface area contributed by atoms with E-state index in [-0.39, 0.29) is 12.0 Å². The van der Waals surface area contributed by atoms with Crippen LogP contribution in [-0.2, 0) is 9.47 Å². The van der Waals surface area contributed by atoms with Crippen molar-refractivity contribution in [2.45, 2.75) is 13.0 Å². The monoisotopic (exact) mass is 374 g/mol. The molecule has 1 N–H and O–H groups in total. The van der Waals surface area contributed by atoms with E-state index in [1.54, 1.807) is 12.1 Å². The Kier molecular flexibility index (Phi) is 4.75. The van der Waals surface area contributed by atoms with Gasteiger partial charge in [0, 0.05) is 25.7 Å². The van der Waals surface area contributed by atoms with Crippen LogP contribution in [0.1, 0.15) is 17.2 Å². The smallest absolute Gasteiger partial charge is 0.407 e. The van der Waals surface area contributed by atoms with Crippen LogP contribution in [0.5, 0.6) is 0 Å². The molecule has 8 nitrogen and oxygen atoms in total. The first kappa shape index (κ1) is 17.8. The number of nitrogens with zero attached hydrogens (tertiary/aromatic N) is 2. The van der Waals surface area contributed by atoms with Gasteiger partial charge in [0.25, 0.3) is 0 Å². The molecule has 1 amide bonds. The fourth-order valence-electron chi connectivity index (χ4n) is 3.75. The molecule has 0 aliphatic carbocycles. The van der Waals surface area contributed by atoms with Crippen molar-refractivity contribution in [1.82, 2.24) is 4.90 Å². The van der Waals surface area contributed by atoms with Crippen LogP contribution in [0.3, 0.4) is 0 Å². The zero-order valence-corrected chi connectivity index (χ0v) is 15.1. The van der Waals surface area contributed by atoms with Gasteiger partial charge in [0.1, 0.15) is 5.58 Å². The number of hydrogen-bond acceptors (Lipinski definition) is 6. The molecular formula is C19H22N2O6. The first-order chi connectivity index (χ1) is 13.1. The maximum Gasteiger partial charge on any atom is 0.407 e. The summed E-state index contributed by atoms with van der Waals surface area (Å²) < 4.78 is 17.0. The molecular weight excluding hydrogens is 352 g/mol. The number of aryl methyl sites for hydroxylation is 1. The molecule has 2 aliphatic rings. The summed E-state index contributed by atoms with van der Waals surface area (Å²) in [6.07, 6.45) is -0.980. The number of fused-ring (bicyclic) bond motifs is 1. The zero-order chi connectivity index (χ0) is 19.0. The maximum atomic E-state index is 12.6. The van der Waals surface area contributed by atoms with E-state index in [4.69, 9.17) is 13.9 Å². The molecule has 0 radical (unpaired) electrons. The van der Waals surface area contributed by atoms with Gasteiger partial charge >= 0.3 is 6.09 Å². The molecule has 1 aromatic heterocycles. The molecule has 0 spiro atoms. The van der Waals surface area contributed by atoms with Crippen LogP contribution in [0.25, 0.3) is 11.0 Å². The van der Waals surface area contributed by atoms with Crippen LogP contribution in [0.2, 0.25) is 0 Å². The molecule has 27 heavy (non-hydrogen) atoms. The highest BCUT2D eigenvalue weighted by Gasteiger charge is 2.30. The lowest BCUT2D eigenvalue weighted by Crippen LogP contribution is -2.42. The molecule has 0 saturated carbocycles. The van der Waals surface area contributed by atoms with Gasteiger partial charge < -0.3 is 23.9 Å². The highest BCUT2D eigenvalue weighted by Crippen LogP contribution is 2.32. The number of hydrogen-bond donors (Lipinski definition) is 1. The minimum atomic E-state index is -0.980. The van der Waals surface area contributed by atoms with Crippen molar-refractivity contribution < 1.29 is 23.8 Å². The predicted molar refractivity (Wildman–Crippen MR) is 98.5 cm³/mol. The minimum Gasteiger partial charge on any atom is -0.465 e. The zero-order valence-electron chi connectivity index (χ0n) is 15.1. The SMILES string of the molecule is Cc1c(C2COCCN2C(=O)O)ccc2c(=O)cc(N3CCOCC3)oc12. The van der Waals surface area contributed by atoms with Crippen LogP contribution in [0.15, 0.2) is 27.4 Å². The molecule has 2 aromatic rings. The van der Waals surface area contributed by atoms with Gasteiger partial charge in [-0.2, -0.15) is 0 Å². The fraction of sp³-hybridized carbons (Fsp3) is 0.474. The number of amides is 1. The second-order valence-electron chi connectivity index (χ2n) is 6.77. The lowest BCUT2D eigenvalue weighted by Gasteiger charge is -2.34. The van der Waals surface area contributed by atoms with Crippen molar-refractivity contribution in [3.8, 4) is 0 Å². The van der Waals surface area contributed by atoms with E-state index in [1.807, 2.05) is 11.8 Å². The van der Waals surface area contributed by atoms with Crippen molar-refractivity contribution in [3.63, 3.8) is 0 Å². The Hall–Kier alpha value is -2.58. The van der Waals surface area contributed by atoms with Crippen molar-refractivity contribution in [2.75, 3.05) is 51.0 Å². The summed E-state index contributed by atoms with van der Waals surface area (Å²) in [5.74, 6) is 0.519. The van der Waals surface area contributed by atoms with E-state index in [0.29, 0.717) is 56.3 Å². The van der Waals surface area contributed by atoms with E-state index < -0.39 is 12.1 Å². The number of rotatable bonds is 2. The molecule has 3 heterocycles. The average Bonchev–Trinajstić information content (AvgIpc) is 2.69. The van der Waals surface area contributed by atoms with E-state index in [1.165, 1.54) is 11.0 Å². The predicted octanol–water partition coefficient (Wildman–Crippen LogP) is 1.99. The molecule has 8 heteroatoms. The van der Waals surface area contributed by atoms with Crippen LogP contribution in [-0.4, -0.2) is 62.2 Å². The van der Waals surface area contributed by atoms with E-state index in [9.17, 15) is 14.7 Å². The van der Waals surface area contributed by atoms with E-state index >= 15 is 0 Å². The molecule has 1 aromatic carbocycles. The van der Waals surface area contributed by atoms with Gasteiger partial charge in [-0.25, -0.2) is 4.79 Å². The Morgan fingerprint density at radius 2 is 1.89 bits per heavy atom. The Bertz CT molecular complexity index is 918. The van der Waals surface area contributed by atoms with Gasteiger partial charge in [-0.1, -0.05) is 6.07 Å². The summed E-state index contributed by atoms with van der Waals surface area (Å²) in [6, 6.07) is 4.61. The van der Waals surface area contributed by atoms with Crippen molar-refractivity contribution in [1.29, 1.82) is 0 Å². The van der Waals surface area contributed by atoms with Crippen LogP contribution in [0.4, 0.5) is 10.7 Å². The number of anilines is 1. The van der Waals surface area contributed by atoms with Crippen LogP contribution < -0.4 is 10.3 Å². The number of carboxylic acid groups (broad SMARTS) is 1. The average molecular weight is 374 g/mol. The van der Waals surface area contributed by atoms with Gasteiger partial charge in [0.2, 0.25) is 0 Å². The Labute approximate surface area is 155 Å². The van der Waals surface area contributed by atoms with Crippen molar-refractivity contribution >= 4 is 22.9 Å². The summed E-state index contributed by atoms with van der Waals surface area (Å²) >= 11 is 0. The Balaban J connectivity index is 1.80. The quantitative estimate of drug-likeness (QED) is 0.859.